The molecular formula is C16H18N2O3. The maximum atomic E-state index is 5.53. The zero-order valence-electron chi connectivity index (χ0n) is 12.0. The largest absolute Gasteiger partial charge is 0.493 e. The molecule has 1 fully saturated rings. The molecule has 21 heavy (non-hydrogen) atoms. The molecule has 1 saturated heterocycles. The second-order valence-corrected chi connectivity index (χ2v) is 5.82. The predicted octanol–water partition coefficient (Wildman–Crippen LogP) is 2.81. The highest BCUT2D eigenvalue weighted by Gasteiger charge is 2.28. The molecule has 0 aliphatic carbocycles. The number of hydrogen-bond acceptors (Lipinski definition) is 5. The average Bonchev–Trinajstić information content (AvgIpc) is 3.16. The van der Waals surface area contributed by atoms with Crippen molar-refractivity contribution >= 4 is 0 Å². The predicted molar refractivity (Wildman–Crippen MR) is 76.3 cm³/mol. The van der Waals surface area contributed by atoms with Crippen molar-refractivity contribution in [2.24, 2.45) is 5.92 Å². The number of aromatic nitrogens is 2. The smallest absolute Gasteiger partial charge is 0.230 e. The minimum Gasteiger partial charge on any atom is -0.493 e. The third-order valence-electron chi connectivity index (χ3n) is 4.35. The van der Waals surface area contributed by atoms with Gasteiger partial charge in [-0.1, -0.05) is 12.1 Å². The maximum Gasteiger partial charge on any atom is 0.230 e. The van der Waals surface area contributed by atoms with Gasteiger partial charge in [-0.25, -0.2) is 0 Å². The molecule has 2 aromatic rings. The summed E-state index contributed by atoms with van der Waals surface area (Å²) in [4.78, 5) is 4.61. The summed E-state index contributed by atoms with van der Waals surface area (Å²) in [7, 11) is 0. The number of rotatable bonds is 2. The Morgan fingerprint density at radius 2 is 2.19 bits per heavy atom. The van der Waals surface area contributed by atoms with Crippen LogP contribution in [0.4, 0.5) is 0 Å². The van der Waals surface area contributed by atoms with Gasteiger partial charge in [-0.05, 0) is 36.1 Å². The van der Waals surface area contributed by atoms with Crippen molar-refractivity contribution < 1.29 is 14.0 Å². The molecule has 5 heteroatoms. The van der Waals surface area contributed by atoms with Crippen LogP contribution in [0.2, 0.25) is 0 Å². The second kappa shape index (κ2) is 5.15. The normalized spacial score (nSPS) is 24.6. The SMILES string of the molecule is C[C@@H]1COCC[C@@H]1c1nc(-c2ccc3c(c2)CCO3)no1. The summed E-state index contributed by atoms with van der Waals surface area (Å²) in [6.45, 7) is 4.46. The zero-order chi connectivity index (χ0) is 14.2. The standard InChI is InChI=1S/C16H18N2O3/c1-10-9-19-6-5-13(10)16-17-15(18-21-16)12-2-3-14-11(8-12)4-7-20-14/h2-3,8,10,13H,4-7,9H2,1H3/t10-,13+/m1/s1. The fourth-order valence-electron chi connectivity index (χ4n) is 3.08. The monoisotopic (exact) mass is 286 g/mol. The Morgan fingerprint density at radius 3 is 3.10 bits per heavy atom. The molecule has 0 amide bonds. The van der Waals surface area contributed by atoms with Gasteiger partial charge in [0, 0.05) is 31.1 Å². The highest BCUT2D eigenvalue weighted by molar-refractivity contribution is 5.59. The molecule has 4 rings (SSSR count). The minimum absolute atomic E-state index is 0.303. The van der Waals surface area contributed by atoms with Crippen molar-refractivity contribution in [3.63, 3.8) is 0 Å². The van der Waals surface area contributed by atoms with E-state index in [-0.39, 0.29) is 0 Å². The average molecular weight is 286 g/mol. The Kier molecular flexibility index (Phi) is 3.15. The third-order valence-corrected chi connectivity index (χ3v) is 4.35. The number of ether oxygens (including phenoxy) is 2. The molecule has 0 bridgehead atoms. The lowest BCUT2D eigenvalue weighted by atomic mass is 9.90. The van der Waals surface area contributed by atoms with Crippen LogP contribution in [-0.4, -0.2) is 30.0 Å². The van der Waals surface area contributed by atoms with E-state index >= 15 is 0 Å². The lowest BCUT2D eigenvalue weighted by Gasteiger charge is -2.25. The van der Waals surface area contributed by atoms with Crippen LogP contribution in [0.1, 0.15) is 30.7 Å². The Hall–Kier alpha value is -1.88. The van der Waals surface area contributed by atoms with E-state index in [0.29, 0.717) is 17.7 Å². The van der Waals surface area contributed by atoms with Crippen LogP contribution in [0.3, 0.4) is 0 Å². The van der Waals surface area contributed by atoms with E-state index in [0.717, 1.165) is 49.9 Å². The molecule has 2 atom stereocenters. The van der Waals surface area contributed by atoms with Crippen LogP contribution in [0.15, 0.2) is 22.7 Å². The first-order chi connectivity index (χ1) is 10.3. The van der Waals surface area contributed by atoms with Crippen LogP contribution in [-0.2, 0) is 11.2 Å². The van der Waals surface area contributed by atoms with Crippen molar-refractivity contribution in [2.75, 3.05) is 19.8 Å². The topological polar surface area (TPSA) is 57.4 Å². The molecule has 0 saturated carbocycles. The first-order valence-corrected chi connectivity index (χ1v) is 7.49. The number of nitrogens with zero attached hydrogens (tertiary/aromatic N) is 2. The Bertz CT molecular complexity index is 653. The van der Waals surface area contributed by atoms with Crippen molar-refractivity contribution in [3.8, 4) is 17.1 Å². The highest BCUT2D eigenvalue weighted by Crippen LogP contribution is 2.33. The van der Waals surface area contributed by atoms with E-state index < -0.39 is 0 Å². The minimum atomic E-state index is 0.303. The Morgan fingerprint density at radius 1 is 1.24 bits per heavy atom. The van der Waals surface area contributed by atoms with Gasteiger partial charge in [-0.2, -0.15) is 4.98 Å². The Balaban J connectivity index is 1.62. The van der Waals surface area contributed by atoms with E-state index in [1.165, 1.54) is 5.56 Å². The van der Waals surface area contributed by atoms with E-state index in [1.807, 2.05) is 12.1 Å². The molecule has 0 radical (unpaired) electrons. The summed E-state index contributed by atoms with van der Waals surface area (Å²) in [5.74, 6) is 3.09. The van der Waals surface area contributed by atoms with E-state index in [9.17, 15) is 0 Å². The summed E-state index contributed by atoms with van der Waals surface area (Å²) in [6.07, 6.45) is 1.89. The summed E-state index contributed by atoms with van der Waals surface area (Å²) in [5.41, 5.74) is 2.22. The Labute approximate surface area is 123 Å². The number of benzene rings is 1. The molecule has 0 spiro atoms. The van der Waals surface area contributed by atoms with E-state index in [1.54, 1.807) is 0 Å². The van der Waals surface area contributed by atoms with Crippen molar-refractivity contribution in [3.05, 3.63) is 29.7 Å². The molecule has 1 aromatic carbocycles. The fourth-order valence-corrected chi connectivity index (χ4v) is 3.08. The van der Waals surface area contributed by atoms with Gasteiger partial charge >= 0.3 is 0 Å². The van der Waals surface area contributed by atoms with Crippen molar-refractivity contribution in [1.82, 2.24) is 10.1 Å². The summed E-state index contributed by atoms with van der Waals surface area (Å²) in [6, 6.07) is 6.08. The highest BCUT2D eigenvalue weighted by atomic mass is 16.5. The molecule has 110 valence electrons. The van der Waals surface area contributed by atoms with Gasteiger partial charge in [-0.15, -0.1) is 0 Å². The van der Waals surface area contributed by atoms with Crippen LogP contribution < -0.4 is 4.74 Å². The number of hydrogen-bond donors (Lipinski definition) is 0. The molecule has 2 aliphatic heterocycles. The lowest BCUT2D eigenvalue weighted by molar-refractivity contribution is 0.0392. The van der Waals surface area contributed by atoms with Crippen LogP contribution in [0.25, 0.3) is 11.4 Å². The van der Waals surface area contributed by atoms with Gasteiger partial charge in [0.1, 0.15) is 5.75 Å². The third kappa shape index (κ3) is 2.31. The van der Waals surface area contributed by atoms with E-state index in [2.05, 4.69) is 23.1 Å². The van der Waals surface area contributed by atoms with Gasteiger partial charge in [0.05, 0.1) is 6.61 Å². The van der Waals surface area contributed by atoms with Gasteiger partial charge in [0.2, 0.25) is 11.7 Å². The summed E-state index contributed by atoms with van der Waals surface area (Å²) >= 11 is 0. The molecule has 5 nitrogen and oxygen atoms in total. The zero-order valence-corrected chi connectivity index (χ0v) is 12.0. The first-order valence-electron chi connectivity index (χ1n) is 7.49. The summed E-state index contributed by atoms with van der Waals surface area (Å²) in [5, 5.41) is 4.15. The van der Waals surface area contributed by atoms with Gasteiger partial charge in [-0.3, -0.25) is 0 Å². The molecule has 1 aromatic heterocycles. The summed E-state index contributed by atoms with van der Waals surface area (Å²) < 4.78 is 16.5. The van der Waals surface area contributed by atoms with Crippen LogP contribution >= 0.6 is 0 Å². The quantitative estimate of drug-likeness (QED) is 0.849. The molecule has 0 unspecified atom stereocenters. The number of fused-ring (bicyclic) bond motifs is 1. The second-order valence-electron chi connectivity index (χ2n) is 5.82. The molecule has 2 aliphatic rings. The van der Waals surface area contributed by atoms with Gasteiger partial charge in [0.25, 0.3) is 0 Å². The molecule has 0 N–H and O–H groups in total. The van der Waals surface area contributed by atoms with Gasteiger partial charge in [0.15, 0.2) is 0 Å². The van der Waals surface area contributed by atoms with Crippen molar-refractivity contribution in [2.45, 2.75) is 25.7 Å². The maximum absolute atomic E-state index is 5.53. The molecular weight excluding hydrogens is 268 g/mol. The van der Waals surface area contributed by atoms with Crippen molar-refractivity contribution in [1.29, 1.82) is 0 Å². The van der Waals surface area contributed by atoms with E-state index in [4.69, 9.17) is 14.0 Å². The fraction of sp³-hybridized carbons (Fsp3) is 0.500. The van der Waals surface area contributed by atoms with Gasteiger partial charge < -0.3 is 14.0 Å². The van der Waals surface area contributed by atoms with Crippen LogP contribution in [0.5, 0.6) is 5.75 Å². The lowest BCUT2D eigenvalue weighted by Crippen LogP contribution is -2.23. The van der Waals surface area contributed by atoms with Crippen LogP contribution in [0, 0.1) is 5.92 Å². The first kappa shape index (κ1) is 12.8. The molecule has 3 heterocycles.